The molecule has 1 aromatic rings. The molecule has 0 saturated carbocycles. The van der Waals surface area contributed by atoms with Crippen LogP contribution in [-0.4, -0.2) is 34.9 Å². The zero-order valence-electron chi connectivity index (χ0n) is 13.9. The molecule has 0 radical (unpaired) electrons. The quantitative estimate of drug-likeness (QED) is 0.620. The monoisotopic (exact) mass is 307 g/mol. The topological polar surface area (TPSA) is 75.5 Å². The van der Waals surface area contributed by atoms with Crippen molar-refractivity contribution in [3.05, 3.63) is 33.9 Å². The standard InChI is InChI=1S/C16H25N3O3/c1-11(2)9-18(12(3)4)10-16(20)17-14-7-6-13(5)15(8-14)19(21)22/h6-8,11-12H,9-10H2,1-5H3,(H,17,20). The summed E-state index contributed by atoms with van der Waals surface area (Å²) >= 11 is 0. The van der Waals surface area contributed by atoms with E-state index in [9.17, 15) is 14.9 Å². The number of nitrogens with zero attached hydrogens (tertiary/aromatic N) is 2. The molecule has 0 aliphatic rings. The molecule has 22 heavy (non-hydrogen) atoms. The third kappa shape index (κ3) is 5.44. The number of benzene rings is 1. The van der Waals surface area contributed by atoms with Gasteiger partial charge in [0.05, 0.1) is 11.5 Å². The molecule has 1 rings (SSSR count). The maximum atomic E-state index is 12.2. The molecule has 0 aliphatic carbocycles. The summed E-state index contributed by atoms with van der Waals surface area (Å²) in [6.07, 6.45) is 0. The van der Waals surface area contributed by atoms with Crippen LogP contribution in [0.4, 0.5) is 11.4 Å². The molecule has 0 aromatic heterocycles. The van der Waals surface area contributed by atoms with E-state index in [2.05, 4.69) is 24.1 Å². The van der Waals surface area contributed by atoms with Crippen LogP contribution in [0.2, 0.25) is 0 Å². The molecule has 1 amide bonds. The predicted molar refractivity (Wildman–Crippen MR) is 88.0 cm³/mol. The summed E-state index contributed by atoms with van der Waals surface area (Å²) in [5.41, 5.74) is 1.04. The number of carbonyl (C=O) groups is 1. The largest absolute Gasteiger partial charge is 0.325 e. The van der Waals surface area contributed by atoms with E-state index in [-0.39, 0.29) is 24.2 Å². The Bertz CT molecular complexity index is 541. The summed E-state index contributed by atoms with van der Waals surface area (Å²) in [5, 5.41) is 13.7. The van der Waals surface area contributed by atoms with Gasteiger partial charge in [-0.2, -0.15) is 0 Å². The molecule has 0 heterocycles. The highest BCUT2D eigenvalue weighted by molar-refractivity contribution is 5.92. The van der Waals surface area contributed by atoms with E-state index in [0.29, 0.717) is 17.2 Å². The SMILES string of the molecule is Cc1ccc(NC(=O)CN(CC(C)C)C(C)C)cc1[N+](=O)[O-]. The molecule has 0 aliphatic heterocycles. The van der Waals surface area contributed by atoms with Gasteiger partial charge in [0.15, 0.2) is 0 Å². The van der Waals surface area contributed by atoms with Crippen molar-refractivity contribution in [2.75, 3.05) is 18.4 Å². The van der Waals surface area contributed by atoms with Crippen LogP contribution in [0.5, 0.6) is 0 Å². The molecule has 1 N–H and O–H groups in total. The first-order valence-electron chi connectivity index (χ1n) is 7.49. The minimum atomic E-state index is -0.440. The lowest BCUT2D eigenvalue weighted by molar-refractivity contribution is -0.385. The van der Waals surface area contributed by atoms with Crippen molar-refractivity contribution in [1.29, 1.82) is 0 Å². The van der Waals surface area contributed by atoms with Gasteiger partial charge in [0, 0.05) is 29.9 Å². The molecule has 0 atom stereocenters. The van der Waals surface area contributed by atoms with Crippen LogP contribution in [0.3, 0.4) is 0 Å². The van der Waals surface area contributed by atoms with Gasteiger partial charge in [-0.05, 0) is 32.8 Å². The van der Waals surface area contributed by atoms with E-state index < -0.39 is 4.92 Å². The fourth-order valence-electron chi connectivity index (χ4n) is 2.20. The van der Waals surface area contributed by atoms with Crippen molar-refractivity contribution in [2.24, 2.45) is 5.92 Å². The van der Waals surface area contributed by atoms with Gasteiger partial charge in [-0.25, -0.2) is 0 Å². The average Bonchev–Trinajstić information content (AvgIpc) is 2.39. The highest BCUT2D eigenvalue weighted by Crippen LogP contribution is 2.22. The van der Waals surface area contributed by atoms with Crippen LogP contribution in [-0.2, 0) is 4.79 Å². The summed E-state index contributed by atoms with van der Waals surface area (Å²) in [4.78, 5) is 24.7. The van der Waals surface area contributed by atoms with Gasteiger partial charge in [0.2, 0.25) is 5.91 Å². The predicted octanol–water partition coefficient (Wildman–Crippen LogP) is 3.21. The van der Waals surface area contributed by atoms with E-state index in [0.717, 1.165) is 6.54 Å². The Morgan fingerprint density at radius 2 is 1.95 bits per heavy atom. The second-order valence-electron chi connectivity index (χ2n) is 6.22. The lowest BCUT2D eigenvalue weighted by atomic mass is 10.1. The lowest BCUT2D eigenvalue weighted by Gasteiger charge is -2.27. The molecule has 0 bridgehead atoms. The number of carbonyl (C=O) groups excluding carboxylic acids is 1. The first kappa shape index (κ1) is 18.1. The highest BCUT2D eigenvalue weighted by Gasteiger charge is 2.17. The van der Waals surface area contributed by atoms with Crippen LogP contribution in [0.1, 0.15) is 33.3 Å². The Morgan fingerprint density at radius 3 is 2.45 bits per heavy atom. The fourth-order valence-corrected chi connectivity index (χ4v) is 2.20. The first-order valence-corrected chi connectivity index (χ1v) is 7.49. The van der Waals surface area contributed by atoms with E-state index in [1.807, 2.05) is 13.8 Å². The number of hydrogen-bond acceptors (Lipinski definition) is 4. The fraction of sp³-hybridized carbons (Fsp3) is 0.562. The van der Waals surface area contributed by atoms with Gasteiger partial charge < -0.3 is 5.32 Å². The molecule has 1 aromatic carbocycles. The smallest absolute Gasteiger partial charge is 0.274 e. The minimum absolute atomic E-state index is 0.0145. The molecule has 6 heteroatoms. The van der Waals surface area contributed by atoms with Crippen molar-refractivity contribution in [3.63, 3.8) is 0 Å². The minimum Gasteiger partial charge on any atom is -0.325 e. The number of hydrogen-bond donors (Lipinski definition) is 1. The number of nitro groups is 1. The van der Waals surface area contributed by atoms with Gasteiger partial charge in [-0.1, -0.05) is 19.9 Å². The van der Waals surface area contributed by atoms with Gasteiger partial charge in [-0.3, -0.25) is 19.8 Å². The van der Waals surface area contributed by atoms with Crippen molar-refractivity contribution in [2.45, 2.75) is 40.7 Å². The molecule has 0 spiro atoms. The summed E-state index contributed by atoms with van der Waals surface area (Å²) in [5.74, 6) is 0.308. The van der Waals surface area contributed by atoms with E-state index in [1.165, 1.54) is 6.07 Å². The Balaban J connectivity index is 2.76. The number of nitrogens with one attached hydrogen (secondary N) is 1. The number of anilines is 1. The lowest BCUT2D eigenvalue weighted by Crippen LogP contribution is -2.40. The van der Waals surface area contributed by atoms with Crippen LogP contribution >= 0.6 is 0 Å². The second kappa shape index (κ2) is 7.89. The maximum Gasteiger partial charge on any atom is 0.274 e. The Hall–Kier alpha value is -1.95. The Labute approximate surface area is 131 Å². The zero-order valence-corrected chi connectivity index (χ0v) is 13.9. The summed E-state index contributed by atoms with van der Waals surface area (Å²) in [6.45, 7) is 11.1. The summed E-state index contributed by atoms with van der Waals surface area (Å²) in [7, 11) is 0. The van der Waals surface area contributed by atoms with Crippen LogP contribution < -0.4 is 5.32 Å². The molecule has 0 saturated heterocycles. The highest BCUT2D eigenvalue weighted by atomic mass is 16.6. The van der Waals surface area contributed by atoms with Gasteiger partial charge >= 0.3 is 0 Å². The summed E-state index contributed by atoms with van der Waals surface area (Å²) < 4.78 is 0. The molecule has 6 nitrogen and oxygen atoms in total. The Kier molecular flexibility index (Phi) is 6.49. The van der Waals surface area contributed by atoms with Crippen LogP contribution in [0.25, 0.3) is 0 Å². The van der Waals surface area contributed by atoms with E-state index >= 15 is 0 Å². The van der Waals surface area contributed by atoms with Crippen molar-refractivity contribution < 1.29 is 9.72 Å². The first-order chi connectivity index (χ1) is 10.2. The van der Waals surface area contributed by atoms with Gasteiger partial charge in [0.1, 0.15) is 0 Å². The molecule has 0 unspecified atom stereocenters. The average molecular weight is 307 g/mol. The third-order valence-electron chi connectivity index (χ3n) is 3.37. The normalized spacial score (nSPS) is 11.3. The third-order valence-corrected chi connectivity index (χ3v) is 3.37. The maximum absolute atomic E-state index is 12.2. The van der Waals surface area contributed by atoms with Crippen molar-refractivity contribution in [3.8, 4) is 0 Å². The van der Waals surface area contributed by atoms with Crippen LogP contribution in [0.15, 0.2) is 18.2 Å². The van der Waals surface area contributed by atoms with Gasteiger partial charge in [0.25, 0.3) is 5.69 Å². The van der Waals surface area contributed by atoms with Crippen LogP contribution in [0, 0.1) is 23.0 Å². The summed E-state index contributed by atoms with van der Waals surface area (Å²) in [6, 6.07) is 4.99. The Morgan fingerprint density at radius 1 is 1.32 bits per heavy atom. The van der Waals surface area contributed by atoms with Gasteiger partial charge in [-0.15, -0.1) is 0 Å². The molecule has 122 valence electrons. The molecule has 0 fully saturated rings. The molecular formula is C16H25N3O3. The zero-order chi connectivity index (χ0) is 16.9. The van der Waals surface area contributed by atoms with E-state index in [1.54, 1.807) is 19.1 Å². The van der Waals surface area contributed by atoms with E-state index in [4.69, 9.17) is 0 Å². The van der Waals surface area contributed by atoms with Crippen molar-refractivity contribution in [1.82, 2.24) is 4.90 Å². The molecular weight excluding hydrogens is 282 g/mol. The number of rotatable bonds is 7. The van der Waals surface area contributed by atoms with Crippen molar-refractivity contribution >= 4 is 17.3 Å². The number of nitro benzene ring substituents is 1. The number of amides is 1. The number of aryl methyl sites for hydroxylation is 1. The second-order valence-corrected chi connectivity index (χ2v) is 6.22.